The predicted molar refractivity (Wildman–Crippen MR) is 124 cm³/mol. The van der Waals surface area contributed by atoms with Crippen LogP contribution in [-0.2, 0) is 16.1 Å². The van der Waals surface area contributed by atoms with Crippen molar-refractivity contribution in [2.75, 3.05) is 11.9 Å². The van der Waals surface area contributed by atoms with Gasteiger partial charge in [0, 0.05) is 12.1 Å². The third kappa shape index (κ3) is 5.44. The molecule has 0 saturated heterocycles. The van der Waals surface area contributed by atoms with Crippen LogP contribution in [0.1, 0.15) is 27.4 Å². The van der Waals surface area contributed by atoms with Gasteiger partial charge in [-0.15, -0.1) is 4.57 Å². The molecule has 4 rings (SSSR count). The first kappa shape index (κ1) is 23.1. The van der Waals surface area contributed by atoms with E-state index in [9.17, 15) is 14.4 Å². The molecule has 0 atom stereocenters. The van der Waals surface area contributed by atoms with Gasteiger partial charge in [-0.2, -0.15) is 0 Å². The Morgan fingerprint density at radius 3 is 2.62 bits per heavy atom. The van der Waals surface area contributed by atoms with Crippen LogP contribution in [0.15, 0.2) is 63.9 Å². The largest absolute Gasteiger partial charge is 0.484 e. The van der Waals surface area contributed by atoms with Gasteiger partial charge in [0.05, 0.1) is 22.0 Å². The highest BCUT2D eigenvalue weighted by molar-refractivity contribution is 6.33. The number of ether oxygens (including phenoxy) is 2. The Balaban J connectivity index is 1.38. The zero-order chi connectivity index (χ0) is 24.2. The Kier molecular flexibility index (Phi) is 6.65. The molecule has 1 N–H and O–H groups in total. The molecule has 1 amide bonds. The Labute approximate surface area is 198 Å². The van der Waals surface area contributed by atoms with Crippen molar-refractivity contribution >= 4 is 34.8 Å². The zero-order valence-electron chi connectivity index (χ0n) is 18.3. The average Bonchev–Trinajstić information content (AvgIpc) is 3.19. The number of benzene rings is 2. The number of amides is 1. The van der Waals surface area contributed by atoms with E-state index in [0.717, 1.165) is 10.1 Å². The number of fused-ring (bicyclic) bond motifs is 1. The minimum absolute atomic E-state index is 0.163. The van der Waals surface area contributed by atoms with Crippen molar-refractivity contribution in [2.24, 2.45) is 0 Å². The lowest BCUT2D eigenvalue weighted by Gasteiger charge is -2.11. The van der Waals surface area contributed by atoms with Gasteiger partial charge in [-0.1, -0.05) is 29.3 Å². The molecule has 0 unspecified atom stereocenters. The quantitative estimate of drug-likeness (QED) is 0.398. The number of esters is 1. The number of nitrogens with zero attached hydrogens (tertiary/aromatic N) is 2. The summed E-state index contributed by atoms with van der Waals surface area (Å²) in [4.78, 5) is 41.1. The summed E-state index contributed by atoms with van der Waals surface area (Å²) in [6, 6.07) is 14.4. The van der Waals surface area contributed by atoms with Gasteiger partial charge >= 0.3 is 5.97 Å². The highest BCUT2D eigenvalue weighted by atomic mass is 35.5. The van der Waals surface area contributed by atoms with E-state index in [0.29, 0.717) is 17.2 Å². The van der Waals surface area contributed by atoms with Crippen LogP contribution in [0.2, 0.25) is 5.02 Å². The predicted octanol–water partition coefficient (Wildman–Crippen LogP) is 3.93. The van der Waals surface area contributed by atoms with Crippen molar-refractivity contribution in [3.8, 4) is 5.75 Å². The van der Waals surface area contributed by atoms with Gasteiger partial charge in [-0.25, -0.2) is 9.78 Å². The zero-order valence-corrected chi connectivity index (χ0v) is 19.1. The lowest BCUT2D eigenvalue weighted by Crippen LogP contribution is -2.20. The first-order chi connectivity index (χ1) is 16.3. The minimum Gasteiger partial charge on any atom is -0.484 e. The van der Waals surface area contributed by atoms with Crippen LogP contribution in [0.5, 0.6) is 5.75 Å². The molecule has 0 saturated carbocycles. The Morgan fingerprint density at radius 2 is 1.85 bits per heavy atom. The number of halogens is 1. The molecule has 2 aromatic carbocycles. The van der Waals surface area contributed by atoms with E-state index in [1.807, 2.05) is 19.1 Å². The molecule has 0 aliphatic rings. The lowest BCUT2D eigenvalue weighted by molar-refractivity contribution is -0.118. The molecular formula is C24H20ClN3O6. The number of hydrogen-bond acceptors (Lipinski definition) is 7. The van der Waals surface area contributed by atoms with Crippen LogP contribution in [-0.4, -0.2) is 28.0 Å². The third-order valence-corrected chi connectivity index (χ3v) is 5.07. The lowest BCUT2D eigenvalue weighted by atomic mass is 10.2. The molecule has 174 valence electrons. The second-order valence-electron chi connectivity index (χ2n) is 7.51. The van der Waals surface area contributed by atoms with Gasteiger partial charge in [-0.3, -0.25) is 9.59 Å². The van der Waals surface area contributed by atoms with E-state index < -0.39 is 17.4 Å². The van der Waals surface area contributed by atoms with Crippen LogP contribution in [0.25, 0.3) is 5.65 Å². The van der Waals surface area contributed by atoms with E-state index >= 15 is 0 Å². The first-order valence-corrected chi connectivity index (χ1v) is 10.6. The maximum atomic E-state index is 12.5. The van der Waals surface area contributed by atoms with Crippen molar-refractivity contribution < 1.29 is 23.6 Å². The fourth-order valence-corrected chi connectivity index (χ4v) is 3.25. The maximum absolute atomic E-state index is 12.5. The first-order valence-electron chi connectivity index (χ1n) is 10.2. The van der Waals surface area contributed by atoms with Crippen molar-refractivity contribution in [1.29, 1.82) is 0 Å². The molecule has 34 heavy (non-hydrogen) atoms. The van der Waals surface area contributed by atoms with Gasteiger partial charge in [0.15, 0.2) is 12.3 Å². The summed E-state index contributed by atoms with van der Waals surface area (Å²) in [5, 5.41) is 2.87. The maximum Gasteiger partial charge on any atom is 0.338 e. The number of carbonyl (C=O) groups excluding carboxylic acids is 2. The van der Waals surface area contributed by atoms with Gasteiger partial charge in [0.2, 0.25) is 0 Å². The summed E-state index contributed by atoms with van der Waals surface area (Å²) in [6.45, 7) is 3.19. The van der Waals surface area contributed by atoms with Crippen molar-refractivity contribution in [2.45, 2.75) is 20.5 Å². The molecule has 0 aliphatic heterocycles. The van der Waals surface area contributed by atoms with Crippen molar-refractivity contribution in [3.05, 3.63) is 92.6 Å². The summed E-state index contributed by atoms with van der Waals surface area (Å²) in [5.41, 5.74) is 1.65. The number of aryl methyl sites for hydroxylation is 2. The number of carbonyl (C=O) groups is 2. The minimum atomic E-state index is -0.673. The summed E-state index contributed by atoms with van der Waals surface area (Å²) >= 11 is 6.16. The molecule has 0 radical (unpaired) electrons. The molecule has 4 aromatic rings. The molecular weight excluding hydrogens is 462 g/mol. The van der Waals surface area contributed by atoms with Crippen LogP contribution in [0, 0.1) is 13.8 Å². The second-order valence-corrected chi connectivity index (χ2v) is 7.91. The molecule has 2 aromatic heterocycles. The third-order valence-electron chi connectivity index (χ3n) is 4.74. The molecule has 0 spiro atoms. The average molecular weight is 482 g/mol. The molecule has 0 aliphatic carbocycles. The molecule has 0 bridgehead atoms. The number of rotatable bonds is 7. The number of hydrogen-bond donors (Lipinski definition) is 1. The van der Waals surface area contributed by atoms with Crippen molar-refractivity contribution in [3.63, 3.8) is 0 Å². The SMILES string of the molecule is Cc1ccc(OCC(=O)Nc2cc(C(=O)OCc3cc(=O)n4oc(C)cc4n3)ccc2Cl)cc1. The van der Waals surface area contributed by atoms with Gasteiger partial charge in [0.1, 0.15) is 18.1 Å². The summed E-state index contributed by atoms with van der Waals surface area (Å²) in [7, 11) is 0. The molecule has 2 heterocycles. The second kappa shape index (κ2) is 9.80. The van der Waals surface area contributed by atoms with Crippen LogP contribution in [0.3, 0.4) is 0 Å². The smallest absolute Gasteiger partial charge is 0.338 e. The normalized spacial score (nSPS) is 10.8. The van der Waals surface area contributed by atoms with Crippen LogP contribution < -0.4 is 15.6 Å². The van der Waals surface area contributed by atoms with Gasteiger partial charge in [0.25, 0.3) is 11.5 Å². The summed E-state index contributed by atoms with van der Waals surface area (Å²) in [6.07, 6.45) is 0. The molecule has 9 nitrogen and oxygen atoms in total. The standard InChI is InChI=1S/C24H20ClN3O6/c1-14-3-6-18(7-4-14)32-13-22(29)27-20-10-16(5-8-19(20)25)24(31)33-12-17-11-23(30)28-21(26-17)9-15(2)34-28/h3-11H,12-13H2,1-2H3,(H,27,29). The van der Waals surface area contributed by atoms with E-state index in [4.69, 9.17) is 25.6 Å². The highest BCUT2D eigenvalue weighted by Crippen LogP contribution is 2.24. The number of aromatic nitrogens is 2. The van der Waals surface area contributed by atoms with E-state index in [-0.39, 0.29) is 35.2 Å². The van der Waals surface area contributed by atoms with Gasteiger partial charge < -0.3 is 19.3 Å². The molecule has 10 heteroatoms. The van der Waals surface area contributed by atoms with E-state index in [1.165, 1.54) is 24.3 Å². The number of nitrogens with one attached hydrogen (secondary N) is 1. The van der Waals surface area contributed by atoms with Crippen LogP contribution in [0.4, 0.5) is 5.69 Å². The molecule has 0 fully saturated rings. The van der Waals surface area contributed by atoms with E-state index in [1.54, 1.807) is 25.1 Å². The monoisotopic (exact) mass is 481 g/mol. The highest BCUT2D eigenvalue weighted by Gasteiger charge is 2.14. The van der Waals surface area contributed by atoms with Crippen LogP contribution >= 0.6 is 11.6 Å². The van der Waals surface area contributed by atoms with Crippen molar-refractivity contribution in [1.82, 2.24) is 9.56 Å². The Hall–Kier alpha value is -4.11. The topological polar surface area (TPSA) is 112 Å². The number of anilines is 1. The summed E-state index contributed by atoms with van der Waals surface area (Å²) < 4.78 is 17.0. The fourth-order valence-electron chi connectivity index (χ4n) is 3.09. The fraction of sp³-hybridized carbons (Fsp3) is 0.167. The Morgan fingerprint density at radius 1 is 1.09 bits per heavy atom. The van der Waals surface area contributed by atoms with Gasteiger partial charge in [-0.05, 0) is 44.2 Å². The Bertz CT molecular complexity index is 1430. The summed E-state index contributed by atoms with van der Waals surface area (Å²) in [5.74, 6) is -0.0326. The van der Waals surface area contributed by atoms with E-state index in [2.05, 4.69) is 10.3 Å².